The molecule has 0 radical (unpaired) electrons. The van der Waals surface area contributed by atoms with Crippen molar-refractivity contribution >= 4 is 28.8 Å². The van der Waals surface area contributed by atoms with Crippen molar-refractivity contribution in [3.63, 3.8) is 0 Å². The molecule has 31 heavy (non-hydrogen) atoms. The molecule has 2 aliphatic rings. The van der Waals surface area contributed by atoms with Gasteiger partial charge in [0.15, 0.2) is 11.5 Å². The number of carbonyl (C=O) groups is 1. The van der Waals surface area contributed by atoms with Crippen molar-refractivity contribution < 1.29 is 9.18 Å². The lowest BCUT2D eigenvalue weighted by molar-refractivity contribution is -0.117. The number of halogens is 2. The molecule has 0 saturated heterocycles. The van der Waals surface area contributed by atoms with Crippen LogP contribution in [0.3, 0.4) is 0 Å². The third kappa shape index (κ3) is 2.74. The first-order valence-corrected chi connectivity index (χ1v) is 10.3. The lowest BCUT2D eigenvalue weighted by atomic mass is 9.66. The quantitative estimate of drug-likeness (QED) is 0.527. The Bertz CT molecular complexity index is 1330. The summed E-state index contributed by atoms with van der Waals surface area (Å²) in [4.78, 5) is 23.1. The standard InChI is InChI=1S/C20H16ClFN8O/c21-14-6-11(9-24-18(14)30-25-4-5-26-30)27-19(31)12-8-20(2-1-3-20)17-13(12)10-23-16-7-15(22)28-29(16)17/h4-7,9-10,12H,1-3,8H2,(H,27,31)/t12-/m0/s1. The maximum absolute atomic E-state index is 13.8. The third-order valence-corrected chi connectivity index (χ3v) is 6.56. The van der Waals surface area contributed by atoms with Crippen LogP contribution in [0, 0.1) is 5.95 Å². The minimum Gasteiger partial charge on any atom is -0.324 e. The first kappa shape index (κ1) is 18.4. The maximum Gasteiger partial charge on any atom is 0.235 e. The van der Waals surface area contributed by atoms with Gasteiger partial charge in [0.05, 0.1) is 40.9 Å². The molecule has 2 aliphatic carbocycles. The zero-order chi connectivity index (χ0) is 21.2. The molecule has 1 spiro atoms. The Balaban J connectivity index is 1.33. The first-order chi connectivity index (χ1) is 15.0. The minimum absolute atomic E-state index is 0.164. The average molecular weight is 439 g/mol. The third-order valence-electron chi connectivity index (χ3n) is 6.28. The summed E-state index contributed by atoms with van der Waals surface area (Å²) in [5.74, 6) is -0.792. The van der Waals surface area contributed by atoms with Crippen molar-refractivity contribution in [2.45, 2.75) is 37.0 Å². The van der Waals surface area contributed by atoms with Gasteiger partial charge in [-0.15, -0.1) is 9.90 Å². The smallest absolute Gasteiger partial charge is 0.235 e. The molecule has 1 saturated carbocycles. The van der Waals surface area contributed by atoms with E-state index in [9.17, 15) is 9.18 Å². The molecule has 1 atom stereocenters. The van der Waals surface area contributed by atoms with Crippen LogP contribution in [0.5, 0.6) is 0 Å². The van der Waals surface area contributed by atoms with Crippen LogP contribution in [-0.2, 0) is 10.2 Å². The predicted octanol–water partition coefficient (Wildman–Crippen LogP) is 3.05. The van der Waals surface area contributed by atoms with Crippen molar-refractivity contribution in [3.8, 4) is 5.82 Å². The molecule has 6 rings (SSSR count). The minimum atomic E-state index is -0.573. The molecule has 4 heterocycles. The molecule has 11 heteroatoms. The van der Waals surface area contributed by atoms with Crippen molar-refractivity contribution in [1.82, 2.24) is 34.6 Å². The molecule has 4 aromatic heterocycles. The van der Waals surface area contributed by atoms with Crippen LogP contribution < -0.4 is 5.32 Å². The summed E-state index contributed by atoms with van der Waals surface area (Å²) in [5.41, 5.74) is 2.47. The van der Waals surface area contributed by atoms with E-state index in [1.807, 2.05) is 0 Å². The molecular formula is C20H16ClFN8O. The maximum atomic E-state index is 13.8. The molecule has 1 N–H and O–H groups in total. The Labute approximate surface area is 180 Å². The van der Waals surface area contributed by atoms with Gasteiger partial charge in [-0.3, -0.25) is 4.79 Å². The molecule has 0 bridgehead atoms. The molecular weight excluding hydrogens is 423 g/mol. The normalized spacial score (nSPS) is 18.8. The number of amides is 1. The number of hydrogen-bond donors (Lipinski definition) is 1. The summed E-state index contributed by atoms with van der Waals surface area (Å²) in [5, 5.41) is 15.2. The molecule has 4 aromatic rings. The highest BCUT2D eigenvalue weighted by Crippen LogP contribution is 2.56. The van der Waals surface area contributed by atoms with Gasteiger partial charge in [0.25, 0.3) is 0 Å². The highest BCUT2D eigenvalue weighted by molar-refractivity contribution is 6.32. The number of carbonyl (C=O) groups excluding carboxylic acids is 1. The summed E-state index contributed by atoms with van der Waals surface area (Å²) in [6.45, 7) is 0. The van der Waals surface area contributed by atoms with E-state index in [1.165, 1.54) is 29.5 Å². The van der Waals surface area contributed by atoms with Crippen LogP contribution >= 0.6 is 11.6 Å². The van der Waals surface area contributed by atoms with E-state index in [2.05, 4.69) is 30.6 Å². The largest absolute Gasteiger partial charge is 0.324 e. The van der Waals surface area contributed by atoms with Gasteiger partial charge in [0, 0.05) is 23.2 Å². The summed E-state index contributed by atoms with van der Waals surface area (Å²) in [7, 11) is 0. The van der Waals surface area contributed by atoms with E-state index in [1.54, 1.807) is 16.8 Å². The van der Waals surface area contributed by atoms with Gasteiger partial charge in [-0.2, -0.15) is 14.6 Å². The lowest BCUT2D eigenvalue weighted by Gasteiger charge is -2.39. The Hall–Kier alpha value is -3.40. The van der Waals surface area contributed by atoms with Crippen LogP contribution in [0.15, 0.2) is 36.9 Å². The lowest BCUT2D eigenvalue weighted by Crippen LogP contribution is -2.34. The van der Waals surface area contributed by atoms with E-state index >= 15 is 0 Å². The van der Waals surface area contributed by atoms with Crippen molar-refractivity contribution in [1.29, 1.82) is 0 Å². The SMILES string of the molecule is O=C(Nc1cnc(-n2nccn2)c(Cl)c1)[C@H]1CC2(CCC2)c2c1cnc1cc(F)nn21. The average Bonchev–Trinajstić information content (AvgIpc) is 3.43. The van der Waals surface area contributed by atoms with Gasteiger partial charge in [0.1, 0.15) is 0 Å². The topological polar surface area (TPSA) is 103 Å². The van der Waals surface area contributed by atoms with Crippen LogP contribution in [-0.4, -0.2) is 40.5 Å². The Morgan fingerprint density at radius 1 is 1.19 bits per heavy atom. The number of fused-ring (bicyclic) bond motifs is 4. The van der Waals surface area contributed by atoms with Crippen LogP contribution in [0.1, 0.15) is 42.9 Å². The number of hydrogen-bond acceptors (Lipinski definition) is 6. The first-order valence-electron chi connectivity index (χ1n) is 9.92. The van der Waals surface area contributed by atoms with Gasteiger partial charge < -0.3 is 5.32 Å². The second-order valence-electron chi connectivity index (χ2n) is 8.03. The second kappa shape index (κ2) is 6.55. The van der Waals surface area contributed by atoms with Gasteiger partial charge in [0.2, 0.25) is 11.9 Å². The molecule has 1 fully saturated rings. The van der Waals surface area contributed by atoms with Crippen LogP contribution in [0.25, 0.3) is 11.5 Å². The van der Waals surface area contributed by atoms with Gasteiger partial charge in [-0.25, -0.2) is 14.5 Å². The van der Waals surface area contributed by atoms with Crippen LogP contribution in [0.4, 0.5) is 10.1 Å². The van der Waals surface area contributed by atoms with E-state index in [-0.39, 0.29) is 11.3 Å². The highest BCUT2D eigenvalue weighted by atomic mass is 35.5. The number of pyridine rings is 1. The fourth-order valence-corrected chi connectivity index (χ4v) is 5.02. The number of anilines is 1. The summed E-state index contributed by atoms with van der Waals surface area (Å²) in [6, 6.07) is 2.92. The van der Waals surface area contributed by atoms with E-state index in [0.717, 1.165) is 30.5 Å². The highest BCUT2D eigenvalue weighted by Gasteiger charge is 2.52. The zero-order valence-electron chi connectivity index (χ0n) is 16.2. The summed E-state index contributed by atoms with van der Waals surface area (Å²) >= 11 is 6.32. The number of nitrogens with one attached hydrogen (secondary N) is 1. The van der Waals surface area contributed by atoms with Gasteiger partial charge in [-0.1, -0.05) is 18.0 Å². The molecule has 0 aliphatic heterocycles. The van der Waals surface area contributed by atoms with Crippen LogP contribution in [0.2, 0.25) is 5.02 Å². The van der Waals surface area contributed by atoms with Crippen molar-refractivity contribution in [2.24, 2.45) is 0 Å². The second-order valence-corrected chi connectivity index (χ2v) is 8.43. The molecule has 0 unspecified atom stereocenters. The fraction of sp³-hybridized carbons (Fsp3) is 0.300. The van der Waals surface area contributed by atoms with Crippen molar-refractivity contribution in [2.75, 3.05) is 5.32 Å². The summed E-state index contributed by atoms with van der Waals surface area (Å²) < 4.78 is 15.4. The van der Waals surface area contributed by atoms with Crippen molar-refractivity contribution in [3.05, 3.63) is 59.1 Å². The number of aromatic nitrogens is 7. The van der Waals surface area contributed by atoms with Gasteiger partial charge >= 0.3 is 0 Å². The Morgan fingerprint density at radius 3 is 2.71 bits per heavy atom. The van der Waals surface area contributed by atoms with E-state index in [4.69, 9.17) is 11.6 Å². The summed E-state index contributed by atoms with van der Waals surface area (Å²) in [6.07, 6.45) is 9.86. The fourth-order valence-electron chi connectivity index (χ4n) is 4.78. The number of nitrogens with zero attached hydrogens (tertiary/aromatic N) is 7. The zero-order valence-corrected chi connectivity index (χ0v) is 16.9. The molecule has 1 amide bonds. The molecule has 0 aromatic carbocycles. The monoisotopic (exact) mass is 438 g/mol. The molecule has 156 valence electrons. The number of rotatable bonds is 3. The predicted molar refractivity (Wildman–Crippen MR) is 109 cm³/mol. The molecule has 9 nitrogen and oxygen atoms in total. The Morgan fingerprint density at radius 2 is 2.00 bits per heavy atom. The Kier molecular flexibility index (Phi) is 3.88. The van der Waals surface area contributed by atoms with Gasteiger partial charge in [-0.05, 0) is 25.3 Å². The van der Waals surface area contributed by atoms with E-state index in [0.29, 0.717) is 28.6 Å². The van der Waals surface area contributed by atoms with E-state index < -0.39 is 11.9 Å².